The van der Waals surface area contributed by atoms with Gasteiger partial charge in [-0.25, -0.2) is 4.79 Å². The summed E-state index contributed by atoms with van der Waals surface area (Å²) in [5.41, 5.74) is 8.08. The van der Waals surface area contributed by atoms with Crippen LogP contribution < -0.4 is 23.8 Å². The summed E-state index contributed by atoms with van der Waals surface area (Å²) in [6.07, 6.45) is 10.8. The molecule has 0 fully saturated rings. The van der Waals surface area contributed by atoms with E-state index in [1.54, 1.807) is 28.7 Å². The Morgan fingerprint density at radius 3 is 1.34 bits per heavy atom. The number of nitrogens with zero attached hydrogens (tertiary/aromatic N) is 2. The van der Waals surface area contributed by atoms with Gasteiger partial charge >= 0.3 is 5.97 Å². The van der Waals surface area contributed by atoms with Gasteiger partial charge in [0.2, 0.25) is 0 Å². The minimum Gasteiger partial charge on any atom is -0.494 e. The smallest absolute Gasteiger partial charge is 0.346 e. The number of ether oxygens (including phenoxy) is 4. The molecule has 1 N–H and O–H groups in total. The van der Waals surface area contributed by atoms with Gasteiger partial charge in [-0.3, -0.25) is 0 Å². The highest BCUT2D eigenvalue weighted by Crippen LogP contribution is 2.51. The number of fused-ring (bicyclic) bond motifs is 1. The molecule has 5 aromatic carbocycles. The summed E-state index contributed by atoms with van der Waals surface area (Å²) in [5, 5.41) is 19.1. The molecule has 0 unspecified atom stereocenters. The van der Waals surface area contributed by atoms with Crippen LogP contribution in [-0.2, 0) is 4.79 Å². The minimum absolute atomic E-state index is 0.331. The second kappa shape index (κ2) is 23.7. The zero-order valence-corrected chi connectivity index (χ0v) is 42.5. The van der Waals surface area contributed by atoms with Crippen LogP contribution >= 0.6 is 34.0 Å². The van der Waals surface area contributed by atoms with Gasteiger partial charge in [0.25, 0.3) is 0 Å². The molecule has 0 radical (unpaired) electrons. The topological polar surface area (TPSA) is 101 Å². The average molecular weight is 997 g/mol. The number of anilines is 3. The molecule has 0 bridgehead atoms. The number of carbonyl (C=O) groups is 1. The number of carboxylic acids is 1. The predicted molar refractivity (Wildman–Crippen MR) is 293 cm³/mol. The first kappa shape index (κ1) is 48.9. The number of hydrogen-bond acceptors (Lipinski definition) is 10. The second-order valence-corrected chi connectivity index (χ2v) is 20.5. The fourth-order valence-corrected chi connectivity index (χ4v) is 11.6. The van der Waals surface area contributed by atoms with Crippen molar-refractivity contribution < 1.29 is 28.8 Å². The molecule has 1 aliphatic rings. The van der Waals surface area contributed by atoms with Crippen LogP contribution in [0.1, 0.15) is 70.1 Å². The van der Waals surface area contributed by atoms with Crippen LogP contribution in [0.5, 0.6) is 23.0 Å². The van der Waals surface area contributed by atoms with E-state index in [0.717, 1.165) is 76.2 Å². The molecule has 0 amide bonds. The first-order valence-corrected chi connectivity index (χ1v) is 26.9. The molecule has 3 aromatic heterocycles. The third-order valence-corrected chi connectivity index (χ3v) is 15.8. The number of benzene rings is 5. The third-order valence-electron chi connectivity index (χ3n) is 12.3. The lowest BCUT2D eigenvalue weighted by molar-refractivity contribution is -0.132. The molecule has 8 aromatic rings. The molecule has 1 aliphatic heterocycles. The van der Waals surface area contributed by atoms with Crippen molar-refractivity contribution in [2.24, 2.45) is 0 Å². The number of aliphatic carboxylic acids is 1. The van der Waals surface area contributed by atoms with Crippen molar-refractivity contribution in [2.75, 3.05) is 31.3 Å². The largest absolute Gasteiger partial charge is 0.494 e. The zero-order valence-electron chi connectivity index (χ0n) is 40.0. The maximum absolute atomic E-state index is 11.7. The summed E-state index contributed by atoms with van der Waals surface area (Å²) in [6, 6.07) is 53.1. The van der Waals surface area contributed by atoms with E-state index < -0.39 is 5.97 Å². The van der Waals surface area contributed by atoms with E-state index in [1.165, 1.54) is 86.6 Å². The molecule has 71 heavy (non-hydrogen) atoms. The van der Waals surface area contributed by atoms with E-state index in [-0.39, 0.29) is 5.57 Å². The maximum Gasteiger partial charge on any atom is 0.346 e. The van der Waals surface area contributed by atoms with Gasteiger partial charge in [-0.2, -0.15) is 5.26 Å². The van der Waals surface area contributed by atoms with E-state index in [1.807, 2.05) is 12.1 Å². The summed E-state index contributed by atoms with van der Waals surface area (Å²) < 4.78 is 24.1. The number of unbranched alkanes of at least 4 members (excludes halogenated alkanes) is 6. The lowest BCUT2D eigenvalue weighted by atomic mass is 10.1. The molecule has 0 saturated carbocycles. The Morgan fingerprint density at radius 2 is 0.944 bits per heavy atom. The Bertz CT molecular complexity index is 2950. The van der Waals surface area contributed by atoms with Crippen LogP contribution in [0.3, 0.4) is 0 Å². The molecule has 0 atom stereocenters. The molecule has 0 spiro atoms. The first-order chi connectivity index (χ1) is 34.9. The van der Waals surface area contributed by atoms with Gasteiger partial charge in [0, 0.05) is 36.6 Å². The van der Waals surface area contributed by atoms with E-state index >= 15 is 0 Å². The van der Waals surface area contributed by atoms with Crippen molar-refractivity contribution in [3.63, 3.8) is 0 Å². The van der Waals surface area contributed by atoms with Crippen LogP contribution in [0.4, 0.5) is 17.1 Å². The van der Waals surface area contributed by atoms with Crippen molar-refractivity contribution in [1.82, 2.24) is 0 Å². The Balaban J connectivity index is 0.974. The standard InChI is InChI=1S/C60H56N2O6S3/c1-3-5-7-9-35-65-50-27-17-43(18-28-50)54-33-31-52(69-54)41-11-21-47(22-12-41)62(49-25-15-45(16-26-49)59-58-57(67-37-38-68-58)56(71-59)39-46(40-61)60(63)64)48-23-13-42(14-24-48)53-32-34-55(70-53)44-19-29-51(30-20-44)66-36-10-8-6-4-2/h11-34,39H,3-10,35-38H2,1-2H3,(H,63,64)/b46-39+. The van der Waals surface area contributed by atoms with Crippen LogP contribution in [0.25, 0.3) is 58.3 Å². The predicted octanol–water partition coefficient (Wildman–Crippen LogP) is 17.4. The van der Waals surface area contributed by atoms with Gasteiger partial charge in [-0.15, -0.1) is 34.0 Å². The summed E-state index contributed by atoms with van der Waals surface area (Å²) in [6.45, 7) is 6.64. The SMILES string of the molecule is CCCCCCOc1ccc(-c2ccc(-c3ccc(N(c4ccc(-c5ccc(-c6ccc(OCCCCCC)cc6)s5)cc4)c4ccc(-c5sc(/C=C(\C#N)C(=O)O)c6c5OCCO6)cc4)cc3)s2)cc1. The summed E-state index contributed by atoms with van der Waals surface area (Å²) in [7, 11) is 0. The molecular weight excluding hydrogens is 941 g/mol. The van der Waals surface area contributed by atoms with Gasteiger partial charge in [-0.05, 0) is 156 Å². The Hall–Kier alpha value is -7.10. The lowest BCUT2D eigenvalue weighted by Gasteiger charge is -2.26. The zero-order chi connectivity index (χ0) is 48.9. The number of nitriles is 1. The minimum atomic E-state index is -1.29. The van der Waals surface area contributed by atoms with Crippen LogP contribution in [-0.4, -0.2) is 37.5 Å². The molecule has 9 rings (SSSR count). The number of rotatable bonds is 22. The van der Waals surface area contributed by atoms with Gasteiger partial charge in [0.1, 0.15) is 36.4 Å². The van der Waals surface area contributed by atoms with Crippen molar-refractivity contribution in [3.8, 4) is 81.3 Å². The van der Waals surface area contributed by atoms with E-state index in [0.29, 0.717) is 29.6 Å². The van der Waals surface area contributed by atoms with Gasteiger partial charge in [0.15, 0.2) is 11.5 Å². The molecule has 11 heteroatoms. The average Bonchev–Trinajstić information content (AvgIpc) is 4.20. The highest BCUT2D eigenvalue weighted by Gasteiger charge is 2.26. The Morgan fingerprint density at radius 1 is 0.549 bits per heavy atom. The molecule has 8 nitrogen and oxygen atoms in total. The van der Waals surface area contributed by atoms with E-state index in [9.17, 15) is 15.2 Å². The van der Waals surface area contributed by atoms with Crippen LogP contribution in [0, 0.1) is 11.3 Å². The van der Waals surface area contributed by atoms with Crippen LogP contribution in [0.2, 0.25) is 0 Å². The monoisotopic (exact) mass is 996 g/mol. The molecule has 360 valence electrons. The molecule has 0 saturated heterocycles. The third kappa shape index (κ3) is 11.9. The lowest BCUT2D eigenvalue weighted by Crippen LogP contribution is -2.15. The summed E-state index contributed by atoms with van der Waals surface area (Å²) >= 11 is 4.89. The van der Waals surface area contributed by atoms with Crippen molar-refractivity contribution in [2.45, 2.75) is 65.2 Å². The highest BCUT2D eigenvalue weighted by atomic mass is 32.1. The second-order valence-electron chi connectivity index (χ2n) is 17.3. The first-order valence-electron chi connectivity index (χ1n) is 24.4. The van der Waals surface area contributed by atoms with Crippen molar-refractivity contribution >= 4 is 63.1 Å². The number of thiophene rings is 3. The van der Waals surface area contributed by atoms with Gasteiger partial charge in [-0.1, -0.05) is 88.8 Å². The molecular formula is C60H56N2O6S3. The van der Waals surface area contributed by atoms with Crippen LogP contribution in [0.15, 0.2) is 151 Å². The maximum atomic E-state index is 11.7. The Labute approximate surface area is 428 Å². The summed E-state index contributed by atoms with van der Waals surface area (Å²) in [5.74, 6) is 1.54. The molecule has 0 aliphatic carbocycles. The molecule has 4 heterocycles. The van der Waals surface area contributed by atoms with E-state index in [2.05, 4.69) is 152 Å². The number of hydrogen-bond donors (Lipinski definition) is 1. The Kier molecular flexibility index (Phi) is 16.3. The number of carboxylic acid groups (broad SMARTS) is 1. The quantitative estimate of drug-likeness (QED) is 0.0407. The highest BCUT2D eigenvalue weighted by molar-refractivity contribution is 7.19. The van der Waals surface area contributed by atoms with Crippen molar-refractivity contribution in [3.05, 3.63) is 156 Å². The van der Waals surface area contributed by atoms with Crippen molar-refractivity contribution in [1.29, 1.82) is 5.26 Å². The fraction of sp³-hybridized carbons (Fsp3) is 0.233. The van der Waals surface area contributed by atoms with E-state index in [4.69, 9.17) is 18.9 Å². The fourth-order valence-electron chi connectivity index (χ4n) is 8.45. The summed E-state index contributed by atoms with van der Waals surface area (Å²) in [4.78, 5) is 20.1. The van der Waals surface area contributed by atoms with Gasteiger partial charge in [0.05, 0.1) is 23.0 Å². The normalized spacial score (nSPS) is 12.1. The van der Waals surface area contributed by atoms with Gasteiger partial charge < -0.3 is 29.0 Å².